The van der Waals surface area contributed by atoms with Gasteiger partial charge in [0, 0.05) is 13.1 Å². The summed E-state index contributed by atoms with van der Waals surface area (Å²) in [5.74, 6) is -0.303. The number of aliphatic hydroxyl groups is 1. The molecule has 6 heteroatoms. The Hall–Kier alpha value is -1.27. The minimum absolute atomic E-state index is 0.303. The van der Waals surface area contributed by atoms with Crippen LogP contribution in [0.2, 0.25) is 0 Å². The summed E-state index contributed by atoms with van der Waals surface area (Å²) in [5.41, 5.74) is -0.645. The minimum atomic E-state index is -4.71. The quantitative estimate of drug-likeness (QED) is 0.885. The third kappa shape index (κ3) is 2.94. The summed E-state index contributed by atoms with van der Waals surface area (Å²) >= 11 is 0. The molecule has 1 heterocycles. The number of rotatable bonds is 2. The van der Waals surface area contributed by atoms with Crippen molar-refractivity contribution in [3.8, 4) is 5.75 Å². The van der Waals surface area contributed by atoms with Crippen LogP contribution in [0.4, 0.5) is 13.2 Å². The van der Waals surface area contributed by atoms with Gasteiger partial charge >= 0.3 is 6.36 Å². The number of hydrogen-bond acceptors (Lipinski definition) is 3. The number of hydrogen-bond donors (Lipinski definition) is 1. The molecule has 3 nitrogen and oxygen atoms in total. The Bertz CT molecular complexity index is 436. The maximum atomic E-state index is 12.1. The molecule has 1 aromatic carbocycles. The second-order valence-corrected chi connectivity index (χ2v) is 4.60. The molecule has 0 spiro atoms. The van der Waals surface area contributed by atoms with Gasteiger partial charge in [0.05, 0.1) is 0 Å². The van der Waals surface area contributed by atoms with E-state index in [0.29, 0.717) is 25.1 Å². The van der Waals surface area contributed by atoms with Crippen LogP contribution in [-0.4, -0.2) is 36.5 Å². The molecule has 1 N–H and O–H groups in total. The first-order valence-electron chi connectivity index (χ1n) is 5.56. The SMILES string of the molecule is CN1CCC(O)(c2cccc(OC(F)(F)F)c2)C1. The average molecular weight is 261 g/mol. The molecule has 1 aliphatic rings. The number of alkyl halides is 3. The second-order valence-electron chi connectivity index (χ2n) is 4.60. The van der Waals surface area contributed by atoms with Gasteiger partial charge in [-0.05, 0) is 31.2 Å². The first kappa shape index (κ1) is 13.2. The average Bonchev–Trinajstić information content (AvgIpc) is 2.58. The van der Waals surface area contributed by atoms with Gasteiger partial charge in [-0.1, -0.05) is 12.1 Å². The zero-order valence-electron chi connectivity index (χ0n) is 9.87. The van der Waals surface area contributed by atoms with Crippen molar-refractivity contribution in [2.45, 2.75) is 18.4 Å². The number of likely N-dealkylation sites (N-methyl/N-ethyl adjacent to an activating group) is 1. The number of benzene rings is 1. The molecular weight excluding hydrogens is 247 g/mol. The molecule has 1 atom stereocenters. The first-order valence-corrected chi connectivity index (χ1v) is 5.56. The maximum Gasteiger partial charge on any atom is 0.573 e. The van der Waals surface area contributed by atoms with Gasteiger partial charge in [-0.3, -0.25) is 0 Å². The zero-order valence-corrected chi connectivity index (χ0v) is 9.87. The van der Waals surface area contributed by atoms with Gasteiger partial charge in [0.1, 0.15) is 11.4 Å². The van der Waals surface area contributed by atoms with Crippen LogP contribution in [0, 0.1) is 0 Å². The first-order chi connectivity index (χ1) is 8.28. The van der Waals surface area contributed by atoms with E-state index in [1.54, 1.807) is 6.07 Å². The van der Waals surface area contributed by atoms with Crippen molar-refractivity contribution in [3.63, 3.8) is 0 Å². The van der Waals surface area contributed by atoms with E-state index in [9.17, 15) is 18.3 Å². The van der Waals surface area contributed by atoms with Gasteiger partial charge in [-0.2, -0.15) is 0 Å². The summed E-state index contributed by atoms with van der Waals surface area (Å²) in [5, 5.41) is 10.4. The van der Waals surface area contributed by atoms with Crippen LogP contribution in [0.3, 0.4) is 0 Å². The van der Waals surface area contributed by atoms with Crippen LogP contribution in [0.15, 0.2) is 24.3 Å². The summed E-state index contributed by atoms with van der Waals surface area (Å²) in [4.78, 5) is 1.93. The lowest BCUT2D eigenvalue weighted by Crippen LogP contribution is -2.29. The maximum absolute atomic E-state index is 12.1. The Morgan fingerprint density at radius 3 is 2.67 bits per heavy atom. The highest BCUT2D eigenvalue weighted by Gasteiger charge is 2.37. The zero-order chi connectivity index (χ0) is 13.4. The lowest BCUT2D eigenvalue weighted by Gasteiger charge is -2.23. The van der Waals surface area contributed by atoms with Gasteiger partial charge in [-0.15, -0.1) is 13.2 Å². The molecule has 0 aromatic heterocycles. The van der Waals surface area contributed by atoms with Crippen LogP contribution >= 0.6 is 0 Å². The molecule has 1 fully saturated rings. The summed E-state index contributed by atoms with van der Waals surface area (Å²) < 4.78 is 40.2. The predicted molar refractivity (Wildman–Crippen MR) is 59.1 cm³/mol. The van der Waals surface area contributed by atoms with Crippen molar-refractivity contribution >= 4 is 0 Å². The van der Waals surface area contributed by atoms with Gasteiger partial charge < -0.3 is 14.7 Å². The third-order valence-corrected chi connectivity index (χ3v) is 3.04. The second kappa shape index (κ2) is 4.44. The Morgan fingerprint density at radius 1 is 1.39 bits per heavy atom. The Morgan fingerprint density at radius 2 is 2.11 bits per heavy atom. The highest BCUT2D eigenvalue weighted by atomic mass is 19.4. The van der Waals surface area contributed by atoms with Gasteiger partial charge in [0.2, 0.25) is 0 Å². The lowest BCUT2D eigenvalue weighted by atomic mass is 9.93. The highest BCUT2D eigenvalue weighted by Crippen LogP contribution is 2.33. The molecule has 0 saturated carbocycles. The van der Waals surface area contributed by atoms with E-state index in [1.807, 2.05) is 11.9 Å². The van der Waals surface area contributed by atoms with Crippen LogP contribution < -0.4 is 4.74 Å². The van der Waals surface area contributed by atoms with Crippen molar-refractivity contribution < 1.29 is 23.0 Å². The van der Waals surface area contributed by atoms with Gasteiger partial charge in [0.15, 0.2) is 0 Å². The van der Waals surface area contributed by atoms with E-state index in [4.69, 9.17) is 0 Å². The number of ether oxygens (including phenoxy) is 1. The van der Waals surface area contributed by atoms with Crippen LogP contribution in [0.1, 0.15) is 12.0 Å². The van der Waals surface area contributed by atoms with E-state index in [-0.39, 0.29) is 5.75 Å². The molecule has 1 unspecified atom stereocenters. The van der Waals surface area contributed by atoms with Crippen LogP contribution in [0.5, 0.6) is 5.75 Å². The number of β-amino-alcohol motifs (C(OH)–C–C–N with tert-alkyl or cyclic N) is 1. The summed E-state index contributed by atoms with van der Waals surface area (Å²) in [6, 6.07) is 5.53. The lowest BCUT2D eigenvalue weighted by molar-refractivity contribution is -0.274. The standard InChI is InChI=1S/C12H14F3NO2/c1-16-6-5-11(17,8-16)9-3-2-4-10(7-9)18-12(13,14)15/h2-4,7,17H,5-6,8H2,1H3. The van der Waals surface area contributed by atoms with E-state index < -0.39 is 12.0 Å². The van der Waals surface area contributed by atoms with E-state index in [0.717, 1.165) is 0 Å². The topological polar surface area (TPSA) is 32.7 Å². The van der Waals surface area contributed by atoms with Crippen molar-refractivity contribution in [1.82, 2.24) is 4.90 Å². The molecular formula is C12H14F3NO2. The Kier molecular flexibility index (Phi) is 3.25. The minimum Gasteiger partial charge on any atom is -0.406 e. The van der Waals surface area contributed by atoms with Gasteiger partial charge in [0.25, 0.3) is 0 Å². The molecule has 2 rings (SSSR count). The largest absolute Gasteiger partial charge is 0.573 e. The van der Waals surface area contributed by atoms with E-state index >= 15 is 0 Å². The molecule has 1 saturated heterocycles. The van der Waals surface area contributed by atoms with E-state index in [2.05, 4.69) is 4.74 Å². The number of halogens is 3. The van der Waals surface area contributed by atoms with Gasteiger partial charge in [-0.25, -0.2) is 0 Å². The number of nitrogens with zero attached hydrogens (tertiary/aromatic N) is 1. The molecule has 1 aliphatic heterocycles. The van der Waals surface area contributed by atoms with Crippen molar-refractivity contribution in [1.29, 1.82) is 0 Å². The molecule has 18 heavy (non-hydrogen) atoms. The summed E-state index contributed by atoms with van der Waals surface area (Å²) in [7, 11) is 1.86. The van der Waals surface area contributed by atoms with Crippen molar-refractivity contribution in [3.05, 3.63) is 29.8 Å². The number of likely N-dealkylation sites (tertiary alicyclic amines) is 1. The molecule has 0 amide bonds. The van der Waals surface area contributed by atoms with Crippen LogP contribution in [0.25, 0.3) is 0 Å². The normalized spacial score (nSPS) is 25.4. The molecule has 0 aliphatic carbocycles. The highest BCUT2D eigenvalue weighted by molar-refractivity contribution is 5.33. The van der Waals surface area contributed by atoms with E-state index in [1.165, 1.54) is 18.2 Å². The predicted octanol–water partition coefficient (Wildman–Crippen LogP) is 2.11. The smallest absolute Gasteiger partial charge is 0.406 e. The van der Waals surface area contributed by atoms with Crippen LogP contribution in [-0.2, 0) is 5.60 Å². The third-order valence-electron chi connectivity index (χ3n) is 3.04. The molecule has 0 bridgehead atoms. The fourth-order valence-electron chi connectivity index (χ4n) is 2.20. The van der Waals surface area contributed by atoms with Crippen molar-refractivity contribution in [2.24, 2.45) is 0 Å². The fraction of sp³-hybridized carbons (Fsp3) is 0.500. The molecule has 0 radical (unpaired) electrons. The van der Waals surface area contributed by atoms with Crippen molar-refractivity contribution in [2.75, 3.05) is 20.1 Å². The fourth-order valence-corrected chi connectivity index (χ4v) is 2.20. The summed E-state index contributed by atoms with van der Waals surface area (Å²) in [6.45, 7) is 1.11. The monoisotopic (exact) mass is 261 g/mol. The molecule has 1 aromatic rings. The summed E-state index contributed by atoms with van der Waals surface area (Å²) in [6.07, 6.45) is -4.22. The molecule has 100 valence electrons. The Balaban J connectivity index is 2.22. The Labute approximate surface area is 103 Å².